The lowest BCUT2D eigenvalue weighted by molar-refractivity contribution is -0.117. The molecule has 1 aromatic heterocycles. The Morgan fingerprint density at radius 1 is 1.25 bits per heavy atom. The van der Waals surface area contributed by atoms with Crippen LogP contribution in [0.2, 0.25) is 0 Å². The highest BCUT2D eigenvalue weighted by molar-refractivity contribution is 5.96. The van der Waals surface area contributed by atoms with E-state index < -0.39 is 0 Å². The van der Waals surface area contributed by atoms with E-state index in [4.69, 9.17) is 0 Å². The monoisotopic (exact) mass is 325 g/mol. The van der Waals surface area contributed by atoms with E-state index in [2.05, 4.69) is 10.3 Å². The van der Waals surface area contributed by atoms with E-state index in [9.17, 15) is 14.4 Å². The number of aromatic amines is 1. The van der Waals surface area contributed by atoms with Crippen molar-refractivity contribution >= 4 is 17.5 Å². The highest BCUT2D eigenvalue weighted by Crippen LogP contribution is 2.24. The summed E-state index contributed by atoms with van der Waals surface area (Å²) in [5, 5.41) is 2.82. The third-order valence-corrected chi connectivity index (χ3v) is 4.07. The van der Waals surface area contributed by atoms with Gasteiger partial charge in [0.15, 0.2) is 0 Å². The van der Waals surface area contributed by atoms with Gasteiger partial charge in [0.2, 0.25) is 11.5 Å². The summed E-state index contributed by atoms with van der Waals surface area (Å²) in [6.45, 7) is 2.71. The van der Waals surface area contributed by atoms with Crippen LogP contribution in [-0.4, -0.2) is 29.9 Å². The summed E-state index contributed by atoms with van der Waals surface area (Å²) >= 11 is 0. The average Bonchev–Trinajstić information content (AvgIpc) is 2.93. The molecule has 24 heavy (non-hydrogen) atoms. The minimum Gasteiger partial charge on any atom is -0.352 e. The molecule has 0 radical (unpaired) electrons. The number of para-hydroxylation sites is 1. The van der Waals surface area contributed by atoms with Crippen molar-refractivity contribution in [3.8, 4) is 0 Å². The maximum absolute atomic E-state index is 12.2. The molecule has 6 heteroatoms. The first kappa shape index (κ1) is 16.0. The number of amides is 2. The van der Waals surface area contributed by atoms with E-state index in [1.54, 1.807) is 17.9 Å². The van der Waals surface area contributed by atoms with Gasteiger partial charge in [-0.05, 0) is 25.1 Å². The van der Waals surface area contributed by atoms with Crippen LogP contribution in [0.1, 0.15) is 22.5 Å². The Balaban J connectivity index is 1.60. The molecule has 3 rings (SSSR count). The van der Waals surface area contributed by atoms with Crippen LogP contribution in [0.5, 0.6) is 0 Å². The summed E-state index contributed by atoms with van der Waals surface area (Å²) in [4.78, 5) is 40.1. The van der Waals surface area contributed by atoms with E-state index >= 15 is 0 Å². The number of aromatic nitrogens is 1. The van der Waals surface area contributed by atoms with Gasteiger partial charge < -0.3 is 15.2 Å². The van der Waals surface area contributed by atoms with E-state index in [1.807, 2.05) is 30.3 Å². The summed E-state index contributed by atoms with van der Waals surface area (Å²) in [6, 6.07) is 12.4. The summed E-state index contributed by atoms with van der Waals surface area (Å²) < 4.78 is 0. The van der Waals surface area contributed by atoms with Crippen molar-refractivity contribution in [1.29, 1.82) is 0 Å². The Kier molecular flexibility index (Phi) is 4.46. The number of nitrogens with one attached hydrogen (secondary N) is 2. The third kappa shape index (κ3) is 3.53. The molecular formula is C18H19N3O3. The van der Waals surface area contributed by atoms with Gasteiger partial charge in [0.25, 0.3) is 5.91 Å². The minimum absolute atomic E-state index is 0.0600. The number of benzene rings is 1. The average molecular weight is 325 g/mol. The van der Waals surface area contributed by atoms with Crippen molar-refractivity contribution in [3.05, 3.63) is 64.1 Å². The molecule has 1 atom stereocenters. The molecule has 2 aromatic rings. The first-order valence-corrected chi connectivity index (χ1v) is 7.87. The number of anilines is 1. The molecule has 2 heterocycles. The zero-order chi connectivity index (χ0) is 17.1. The Bertz CT molecular complexity index is 814. The van der Waals surface area contributed by atoms with Gasteiger partial charge >= 0.3 is 0 Å². The molecule has 0 bridgehead atoms. The van der Waals surface area contributed by atoms with E-state index in [-0.39, 0.29) is 23.3 Å². The number of hydrogen-bond acceptors (Lipinski definition) is 3. The number of carbonyl (C=O) groups is 2. The van der Waals surface area contributed by atoms with Crippen molar-refractivity contribution in [2.45, 2.75) is 13.3 Å². The first-order valence-electron chi connectivity index (χ1n) is 7.87. The molecule has 1 aliphatic rings. The van der Waals surface area contributed by atoms with Gasteiger partial charge in [0, 0.05) is 48.4 Å². The van der Waals surface area contributed by atoms with E-state index in [1.165, 1.54) is 6.07 Å². The zero-order valence-electron chi connectivity index (χ0n) is 13.4. The fourth-order valence-electron chi connectivity index (χ4n) is 2.93. The van der Waals surface area contributed by atoms with Crippen molar-refractivity contribution in [2.24, 2.45) is 5.92 Å². The standard InChI is InChI=1S/C18H19N3O3/c1-12-7-14(9-16(22)20-12)18(24)19-10-13-8-17(23)21(11-13)15-5-3-2-4-6-15/h2-7,9,13H,8,10-11H2,1H3,(H,19,24)(H,20,22)/t13-/m1/s1. The summed E-state index contributed by atoms with van der Waals surface area (Å²) in [6.07, 6.45) is 0.406. The van der Waals surface area contributed by atoms with Gasteiger partial charge in [-0.2, -0.15) is 0 Å². The first-order chi connectivity index (χ1) is 11.5. The fraction of sp³-hybridized carbons (Fsp3) is 0.278. The number of rotatable bonds is 4. The molecule has 2 N–H and O–H groups in total. The lowest BCUT2D eigenvalue weighted by atomic mass is 10.1. The molecule has 1 aliphatic heterocycles. The van der Waals surface area contributed by atoms with Gasteiger partial charge in [-0.1, -0.05) is 18.2 Å². The third-order valence-electron chi connectivity index (χ3n) is 4.07. The molecular weight excluding hydrogens is 306 g/mol. The zero-order valence-corrected chi connectivity index (χ0v) is 13.4. The van der Waals surface area contributed by atoms with Gasteiger partial charge in [0.1, 0.15) is 0 Å². The predicted molar refractivity (Wildman–Crippen MR) is 91.0 cm³/mol. The quantitative estimate of drug-likeness (QED) is 0.893. The van der Waals surface area contributed by atoms with Gasteiger partial charge in [0.05, 0.1) is 0 Å². The largest absolute Gasteiger partial charge is 0.352 e. The molecule has 2 amide bonds. The highest BCUT2D eigenvalue weighted by Gasteiger charge is 2.30. The van der Waals surface area contributed by atoms with Crippen LogP contribution in [0.15, 0.2) is 47.3 Å². The number of aryl methyl sites for hydroxylation is 1. The van der Waals surface area contributed by atoms with Crippen molar-refractivity contribution < 1.29 is 9.59 Å². The smallest absolute Gasteiger partial charge is 0.251 e. The van der Waals surface area contributed by atoms with Crippen molar-refractivity contribution in [2.75, 3.05) is 18.0 Å². The maximum atomic E-state index is 12.2. The lowest BCUT2D eigenvalue weighted by Crippen LogP contribution is -2.31. The number of carbonyl (C=O) groups excluding carboxylic acids is 2. The number of pyridine rings is 1. The molecule has 0 saturated carbocycles. The molecule has 1 saturated heterocycles. The summed E-state index contributed by atoms with van der Waals surface area (Å²) in [5.74, 6) is -0.174. The summed E-state index contributed by atoms with van der Waals surface area (Å²) in [7, 11) is 0. The van der Waals surface area contributed by atoms with Crippen LogP contribution in [0, 0.1) is 12.8 Å². The second-order valence-corrected chi connectivity index (χ2v) is 6.04. The van der Waals surface area contributed by atoms with Gasteiger partial charge in [-0.25, -0.2) is 0 Å². The van der Waals surface area contributed by atoms with Crippen molar-refractivity contribution in [1.82, 2.24) is 10.3 Å². The topological polar surface area (TPSA) is 82.3 Å². The van der Waals surface area contributed by atoms with E-state index in [0.29, 0.717) is 30.8 Å². The van der Waals surface area contributed by atoms with Gasteiger partial charge in [-0.15, -0.1) is 0 Å². The van der Waals surface area contributed by atoms with Crippen molar-refractivity contribution in [3.63, 3.8) is 0 Å². The van der Waals surface area contributed by atoms with Crippen LogP contribution in [-0.2, 0) is 4.79 Å². The second-order valence-electron chi connectivity index (χ2n) is 6.04. The Hall–Kier alpha value is -2.89. The van der Waals surface area contributed by atoms with Crippen LogP contribution in [0.3, 0.4) is 0 Å². The van der Waals surface area contributed by atoms with Gasteiger partial charge in [-0.3, -0.25) is 14.4 Å². The molecule has 1 aromatic carbocycles. The van der Waals surface area contributed by atoms with Crippen LogP contribution in [0.25, 0.3) is 0 Å². The number of H-pyrrole nitrogens is 1. The molecule has 124 valence electrons. The Morgan fingerprint density at radius 3 is 2.71 bits per heavy atom. The maximum Gasteiger partial charge on any atom is 0.251 e. The molecule has 0 spiro atoms. The van der Waals surface area contributed by atoms with Crippen LogP contribution >= 0.6 is 0 Å². The Morgan fingerprint density at radius 2 is 2.00 bits per heavy atom. The highest BCUT2D eigenvalue weighted by atomic mass is 16.2. The predicted octanol–water partition coefficient (Wildman–Crippen LogP) is 1.47. The van der Waals surface area contributed by atoms with E-state index in [0.717, 1.165) is 5.69 Å². The Labute approximate surface area is 139 Å². The van der Waals surface area contributed by atoms with Crippen LogP contribution < -0.4 is 15.8 Å². The number of hydrogen-bond donors (Lipinski definition) is 2. The molecule has 0 aliphatic carbocycles. The second kappa shape index (κ2) is 6.70. The minimum atomic E-state index is -0.300. The normalized spacial score (nSPS) is 17.1. The fourth-order valence-corrected chi connectivity index (χ4v) is 2.93. The summed E-state index contributed by atoms with van der Waals surface area (Å²) in [5.41, 5.74) is 1.55. The number of nitrogens with zero attached hydrogens (tertiary/aromatic N) is 1. The SMILES string of the molecule is Cc1cc(C(=O)NC[C@H]2CC(=O)N(c3ccccc3)C2)cc(=O)[nH]1. The molecule has 6 nitrogen and oxygen atoms in total. The van der Waals surface area contributed by atoms with Crippen LogP contribution in [0.4, 0.5) is 5.69 Å². The molecule has 1 fully saturated rings. The molecule has 0 unspecified atom stereocenters. The lowest BCUT2D eigenvalue weighted by Gasteiger charge is -2.16.